The Bertz CT molecular complexity index is 797. The Hall–Kier alpha value is -1.34. The highest BCUT2D eigenvalue weighted by atomic mass is 127. The third-order valence-electron chi connectivity index (χ3n) is 3.23. The normalized spacial score (nSPS) is 10.8. The Morgan fingerprint density at radius 2 is 1.86 bits per heavy atom. The number of hydrogen-bond donors (Lipinski definition) is 1. The first-order valence-electron chi connectivity index (χ1n) is 6.34. The van der Waals surface area contributed by atoms with E-state index in [9.17, 15) is 0 Å². The lowest BCUT2D eigenvalue weighted by Crippen LogP contribution is -1.89. The third-order valence-corrected chi connectivity index (χ3v) is 4.59. The zero-order valence-electron chi connectivity index (χ0n) is 11.2. The molecule has 0 unspecified atom stereocenters. The SMILES string of the molecule is Cc1ccc(-c2c(N)noc2-c2cc(I)ccc2Br)cc1. The van der Waals surface area contributed by atoms with E-state index in [1.807, 2.05) is 30.3 Å². The van der Waals surface area contributed by atoms with Gasteiger partial charge in [0, 0.05) is 13.6 Å². The van der Waals surface area contributed by atoms with Crippen molar-refractivity contribution in [3.8, 4) is 22.5 Å². The maximum absolute atomic E-state index is 6.01. The molecule has 1 heterocycles. The van der Waals surface area contributed by atoms with Crippen molar-refractivity contribution in [3.63, 3.8) is 0 Å². The minimum atomic E-state index is 0.402. The van der Waals surface area contributed by atoms with Gasteiger partial charge in [0.15, 0.2) is 11.6 Å². The van der Waals surface area contributed by atoms with Gasteiger partial charge in [-0.1, -0.05) is 50.9 Å². The van der Waals surface area contributed by atoms with Crippen molar-refractivity contribution in [1.29, 1.82) is 0 Å². The van der Waals surface area contributed by atoms with Crippen LogP contribution in [0.2, 0.25) is 0 Å². The average Bonchev–Trinajstić information content (AvgIpc) is 2.84. The zero-order chi connectivity index (χ0) is 15.0. The summed E-state index contributed by atoms with van der Waals surface area (Å²) in [5.41, 5.74) is 9.99. The molecule has 0 amide bonds. The Kier molecular flexibility index (Phi) is 4.03. The number of nitrogens with two attached hydrogens (primary N) is 1. The number of halogens is 2. The van der Waals surface area contributed by atoms with Crippen LogP contribution in [0.5, 0.6) is 0 Å². The van der Waals surface area contributed by atoms with Crippen molar-refractivity contribution in [2.75, 3.05) is 5.73 Å². The zero-order valence-corrected chi connectivity index (χ0v) is 15.0. The molecule has 3 aromatic rings. The lowest BCUT2D eigenvalue weighted by atomic mass is 10.0. The van der Waals surface area contributed by atoms with Crippen LogP contribution in [0.4, 0.5) is 5.82 Å². The largest absolute Gasteiger partial charge is 0.380 e. The smallest absolute Gasteiger partial charge is 0.178 e. The molecule has 2 N–H and O–H groups in total. The summed E-state index contributed by atoms with van der Waals surface area (Å²) in [5, 5.41) is 3.94. The highest BCUT2D eigenvalue weighted by Crippen LogP contribution is 2.40. The number of benzene rings is 2. The van der Waals surface area contributed by atoms with Gasteiger partial charge in [-0.25, -0.2) is 0 Å². The van der Waals surface area contributed by atoms with Gasteiger partial charge in [0.25, 0.3) is 0 Å². The molecule has 1 aromatic heterocycles. The fourth-order valence-corrected chi connectivity index (χ4v) is 3.07. The lowest BCUT2D eigenvalue weighted by molar-refractivity contribution is 0.436. The monoisotopic (exact) mass is 454 g/mol. The average molecular weight is 455 g/mol. The molecule has 3 rings (SSSR count). The first-order chi connectivity index (χ1) is 10.1. The Morgan fingerprint density at radius 1 is 1.14 bits per heavy atom. The molecule has 0 saturated heterocycles. The second-order valence-corrected chi connectivity index (χ2v) is 6.86. The van der Waals surface area contributed by atoms with Crippen LogP contribution in [-0.2, 0) is 0 Å². The lowest BCUT2D eigenvalue weighted by Gasteiger charge is -2.06. The molecule has 0 spiro atoms. The van der Waals surface area contributed by atoms with Gasteiger partial charge in [-0.2, -0.15) is 0 Å². The topological polar surface area (TPSA) is 52.0 Å². The first-order valence-corrected chi connectivity index (χ1v) is 8.21. The summed E-state index contributed by atoms with van der Waals surface area (Å²) in [4.78, 5) is 0. The standard InChI is InChI=1S/C16H12BrIN2O/c1-9-2-4-10(5-3-9)14-15(21-20-16(14)19)12-8-11(18)6-7-13(12)17/h2-8H,1H3,(H2,19,20). The summed E-state index contributed by atoms with van der Waals surface area (Å²) >= 11 is 5.84. The summed E-state index contributed by atoms with van der Waals surface area (Å²) < 4.78 is 7.57. The minimum Gasteiger partial charge on any atom is -0.380 e. The number of aromatic nitrogens is 1. The van der Waals surface area contributed by atoms with Gasteiger partial charge in [0.2, 0.25) is 0 Å². The number of nitrogen functional groups attached to an aromatic ring is 1. The van der Waals surface area contributed by atoms with Crippen LogP contribution < -0.4 is 5.73 Å². The molecule has 0 aliphatic heterocycles. The van der Waals surface area contributed by atoms with Crippen LogP contribution >= 0.6 is 38.5 Å². The van der Waals surface area contributed by atoms with Gasteiger partial charge < -0.3 is 10.3 Å². The van der Waals surface area contributed by atoms with Crippen LogP contribution in [0.15, 0.2) is 51.5 Å². The maximum atomic E-state index is 6.01. The van der Waals surface area contributed by atoms with Gasteiger partial charge in [-0.15, -0.1) is 0 Å². The summed E-state index contributed by atoms with van der Waals surface area (Å²) in [6, 6.07) is 14.2. The second-order valence-electron chi connectivity index (χ2n) is 4.76. The maximum Gasteiger partial charge on any atom is 0.178 e. The summed E-state index contributed by atoms with van der Waals surface area (Å²) in [6.45, 7) is 2.05. The van der Waals surface area contributed by atoms with Crippen molar-refractivity contribution < 1.29 is 4.52 Å². The fraction of sp³-hybridized carbons (Fsp3) is 0.0625. The number of aryl methyl sites for hydroxylation is 1. The number of anilines is 1. The molecule has 0 radical (unpaired) electrons. The van der Waals surface area contributed by atoms with Crippen molar-refractivity contribution in [2.24, 2.45) is 0 Å². The molecular weight excluding hydrogens is 443 g/mol. The highest BCUT2D eigenvalue weighted by Gasteiger charge is 2.19. The van der Waals surface area contributed by atoms with Crippen LogP contribution in [0.3, 0.4) is 0 Å². The van der Waals surface area contributed by atoms with E-state index in [2.05, 4.69) is 62.7 Å². The molecular formula is C16H12BrIN2O. The van der Waals surface area contributed by atoms with E-state index in [-0.39, 0.29) is 0 Å². The number of rotatable bonds is 2. The van der Waals surface area contributed by atoms with Gasteiger partial charge in [0.05, 0.1) is 5.56 Å². The number of nitrogens with zero attached hydrogens (tertiary/aromatic N) is 1. The number of hydrogen-bond acceptors (Lipinski definition) is 3. The van der Waals surface area contributed by atoms with Crippen molar-refractivity contribution in [3.05, 3.63) is 56.1 Å². The Morgan fingerprint density at radius 3 is 2.57 bits per heavy atom. The molecule has 0 atom stereocenters. The van der Waals surface area contributed by atoms with Crippen LogP contribution in [0, 0.1) is 10.5 Å². The van der Waals surface area contributed by atoms with E-state index >= 15 is 0 Å². The van der Waals surface area contributed by atoms with Crippen LogP contribution in [0.1, 0.15) is 5.56 Å². The molecule has 0 aliphatic rings. The van der Waals surface area contributed by atoms with Crippen molar-refractivity contribution >= 4 is 44.3 Å². The van der Waals surface area contributed by atoms with Crippen LogP contribution in [0.25, 0.3) is 22.5 Å². The van der Waals surface area contributed by atoms with Crippen LogP contribution in [-0.4, -0.2) is 5.16 Å². The Balaban J connectivity index is 2.21. The predicted octanol–water partition coefficient (Wildman–Crippen LogP) is 5.27. The van der Waals surface area contributed by atoms with E-state index in [4.69, 9.17) is 10.3 Å². The molecule has 3 nitrogen and oxygen atoms in total. The van der Waals surface area contributed by atoms with E-state index in [0.717, 1.165) is 24.7 Å². The molecule has 0 saturated carbocycles. The van der Waals surface area contributed by atoms with Crippen molar-refractivity contribution in [2.45, 2.75) is 6.92 Å². The van der Waals surface area contributed by atoms with Gasteiger partial charge in [-0.05, 0) is 53.3 Å². The van der Waals surface area contributed by atoms with E-state index in [1.54, 1.807) is 0 Å². The van der Waals surface area contributed by atoms with E-state index in [1.165, 1.54) is 5.56 Å². The summed E-state index contributed by atoms with van der Waals surface area (Å²) in [6.07, 6.45) is 0. The van der Waals surface area contributed by atoms with Crippen molar-refractivity contribution in [1.82, 2.24) is 5.16 Å². The molecule has 106 valence electrons. The third kappa shape index (κ3) is 2.85. The predicted molar refractivity (Wildman–Crippen MR) is 96.9 cm³/mol. The molecule has 5 heteroatoms. The van der Waals surface area contributed by atoms with Gasteiger partial charge >= 0.3 is 0 Å². The summed E-state index contributed by atoms with van der Waals surface area (Å²) in [7, 11) is 0. The molecule has 0 bridgehead atoms. The minimum absolute atomic E-state index is 0.402. The molecule has 2 aromatic carbocycles. The fourth-order valence-electron chi connectivity index (χ4n) is 2.16. The highest BCUT2D eigenvalue weighted by molar-refractivity contribution is 14.1. The first kappa shape index (κ1) is 14.6. The molecule has 21 heavy (non-hydrogen) atoms. The molecule has 0 aliphatic carbocycles. The van der Waals surface area contributed by atoms with Gasteiger partial charge in [0.1, 0.15) is 0 Å². The van der Waals surface area contributed by atoms with E-state index < -0.39 is 0 Å². The van der Waals surface area contributed by atoms with Gasteiger partial charge in [-0.3, -0.25) is 0 Å². The quantitative estimate of drug-likeness (QED) is 0.537. The second kappa shape index (κ2) is 5.81. The summed E-state index contributed by atoms with van der Waals surface area (Å²) in [5.74, 6) is 1.08. The Labute approximate surface area is 144 Å². The van der Waals surface area contributed by atoms with E-state index in [0.29, 0.717) is 11.6 Å². The molecule has 0 fully saturated rings.